The van der Waals surface area contributed by atoms with E-state index in [1.54, 1.807) is 5.51 Å². The summed E-state index contributed by atoms with van der Waals surface area (Å²) in [5.74, 6) is 0. The van der Waals surface area contributed by atoms with Crippen LogP contribution in [0.1, 0.15) is 18.4 Å². The monoisotopic (exact) mass is 338 g/mol. The molecule has 1 heterocycles. The summed E-state index contributed by atoms with van der Waals surface area (Å²) >= 11 is 4.75. The molecule has 0 saturated heterocycles. The largest absolute Gasteiger partial charge is 0.328 e. The first-order valence-electron chi connectivity index (χ1n) is 5.79. The maximum atomic E-state index is 11.9. The van der Waals surface area contributed by atoms with Crippen molar-refractivity contribution >= 4 is 38.4 Å². The van der Waals surface area contributed by atoms with E-state index in [4.69, 9.17) is 0 Å². The van der Waals surface area contributed by atoms with E-state index in [2.05, 4.69) is 36.8 Å². The van der Waals surface area contributed by atoms with Crippen LogP contribution in [0.2, 0.25) is 0 Å². The van der Waals surface area contributed by atoms with Crippen LogP contribution < -0.4 is 10.6 Å². The smallest absolute Gasteiger partial charge is 0.321 e. The van der Waals surface area contributed by atoms with Gasteiger partial charge in [0, 0.05) is 4.47 Å². The lowest BCUT2D eigenvalue weighted by Gasteiger charge is -2.18. The number of benzene rings is 1. The lowest BCUT2D eigenvalue weighted by molar-refractivity contribution is 0.247. The number of halogens is 1. The number of hydrogen-bond acceptors (Lipinski definition) is 4. The van der Waals surface area contributed by atoms with Crippen LogP contribution in [0.3, 0.4) is 0 Å². The summed E-state index contributed by atoms with van der Waals surface area (Å²) in [6.45, 7) is 0. The standard InChI is InChI=1S/C12H11BrN4OS/c13-9-3-1-2-8(6-9)12(4-5-12)16-10(18)15-11-17-14-7-19-11/h1-3,6-7H,4-5H2,(H2,15,16,17,18). The first kappa shape index (κ1) is 12.6. The predicted molar refractivity (Wildman–Crippen MR) is 77.1 cm³/mol. The van der Waals surface area contributed by atoms with Crippen LogP contribution in [0, 0.1) is 0 Å². The second-order valence-corrected chi connectivity index (χ2v) is 6.16. The van der Waals surface area contributed by atoms with Crippen molar-refractivity contribution < 1.29 is 4.79 Å². The minimum absolute atomic E-state index is 0.238. The number of carbonyl (C=O) groups excluding carboxylic acids is 1. The molecule has 1 saturated carbocycles. The lowest BCUT2D eigenvalue weighted by atomic mass is 10.1. The van der Waals surface area contributed by atoms with Crippen molar-refractivity contribution in [3.63, 3.8) is 0 Å². The van der Waals surface area contributed by atoms with E-state index in [1.165, 1.54) is 11.3 Å². The minimum atomic E-state index is -0.241. The van der Waals surface area contributed by atoms with Gasteiger partial charge in [-0.15, -0.1) is 10.2 Å². The van der Waals surface area contributed by atoms with E-state index < -0.39 is 0 Å². The average molecular weight is 339 g/mol. The summed E-state index contributed by atoms with van der Waals surface area (Å²) in [6, 6.07) is 7.78. The first-order chi connectivity index (χ1) is 9.18. The molecule has 1 fully saturated rings. The maximum Gasteiger partial charge on any atom is 0.321 e. The normalized spacial score (nSPS) is 15.8. The zero-order valence-corrected chi connectivity index (χ0v) is 12.3. The fourth-order valence-electron chi connectivity index (χ4n) is 1.97. The number of anilines is 1. The Hall–Kier alpha value is -1.47. The van der Waals surface area contributed by atoms with E-state index >= 15 is 0 Å². The zero-order chi connectivity index (χ0) is 13.3. The molecule has 2 N–H and O–H groups in total. The Balaban J connectivity index is 1.70. The molecule has 1 aromatic carbocycles. The number of hydrogen-bond donors (Lipinski definition) is 2. The van der Waals surface area contributed by atoms with Gasteiger partial charge in [-0.2, -0.15) is 0 Å². The van der Waals surface area contributed by atoms with Gasteiger partial charge >= 0.3 is 6.03 Å². The van der Waals surface area contributed by atoms with Crippen molar-refractivity contribution in [1.29, 1.82) is 0 Å². The van der Waals surface area contributed by atoms with Crippen molar-refractivity contribution in [2.75, 3.05) is 5.32 Å². The number of rotatable bonds is 3. The highest BCUT2D eigenvalue weighted by molar-refractivity contribution is 9.10. The third kappa shape index (κ3) is 2.76. The molecule has 0 bridgehead atoms. The van der Waals surface area contributed by atoms with Crippen molar-refractivity contribution in [1.82, 2.24) is 15.5 Å². The van der Waals surface area contributed by atoms with Crippen LogP contribution in [0.4, 0.5) is 9.93 Å². The molecule has 0 atom stereocenters. The first-order valence-corrected chi connectivity index (χ1v) is 7.47. The number of aromatic nitrogens is 2. The SMILES string of the molecule is O=C(Nc1nncs1)NC1(c2cccc(Br)c2)CC1. The number of urea groups is 1. The van der Waals surface area contributed by atoms with Gasteiger partial charge in [-0.25, -0.2) is 4.79 Å². The summed E-state index contributed by atoms with van der Waals surface area (Å²) in [4.78, 5) is 11.9. The van der Waals surface area contributed by atoms with Crippen LogP contribution in [-0.2, 0) is 5.54 Å². The predicted octanol–water partition coefficient (Wildman–Crippen LogP) is 3.11. The molecule has 2 aromatic rings. The van der Waals surface area contributed by atoms with Gasteiger partial charge in [0.15, 0.2) is 0 Å². The summed E-state index contributed by atoms with van der Waals surface area (Å²) < 4.78 is 1.02. The van der Waals surface area contributed by atoms with Crippen LogP contribution in [0.25, 0.3) is 0 Å². The van der Waals surface area contributed by atoms with Crippen molar-refractivity contribution in [2.24, 2.45) is 0 Å². The van der Waals surface area contributed by atoms with Crippen LogP contribution in [0.5, 0.6) is 0 Å². The van der Waals surface area contributed by atoms with Gasteiger partial charge in [0.05, 0.1) is 5.54 Å². The Morgan fingerprint density at radius 2 is 2.26 bits per heavy atom. The number of amides is 2. The fourth-order valence-corrected chi connectivity index (χ4v) is 2.81. The molecule has 5 nitrogen and oxygen atoms in total. The molecule has 1 aromatic heterocycles. The summed E-state index contributed by atoms with van der Waals surface area (Å²) in [5, 5.41) is 13.7. The third-order valence-corrected chi connectivity index (χ3v) is 4.16. The molecule has 1 aliphatic rings. The van der Waals surface area contributed by atoms with Gasteiger partial charge in [-0.3, -0.25) is 5.32 Å². The van der Waals surface area contributed by atoms with E-state index in [0.717, 1.165) is 22.9 Å². The minimum Gasteiger partial charge on any atom is -0.328 e. The van der Waals surface area contributed by atoms with Gasteiger partial charge < -0.3 is 5.32 Å². The number of carbonyl (C=O) groups is 1. The highest BCUT2D eigenvalue weighted by Gasteiger charge is 2.45. The maximum absolute atomic E-state index is 11.9. The molecule has 98 valence electrons. The number of nitrogens with one attached hydrogen (secondary N) is 2. The molecular formula is C12H11BrN4OS. The molecule has 0 radical (unpaired) electrons. The third-order valence-electron chi connectivity index (χ3n) is 3.06. The lowest BCUT2D eigenvalue weighted by Crippen LogP contribution is -2.38. The van der Waals surface area contributed by atoms with Crippen LogP contribution >= 0.6 is 27.3 Å². The summed E-state index contributed by atoms with van der Waals surface area (Å²) in [7, 11) is 0. The Morgan fingerprint density at radius 1 is 1.42 bits per heavy atom. The molecule has 0 unspecified atom stereocenters. The van der Waals surface area contributed by atoms with E-state index in [9.17, 15) is 4.79 Å². The quantitative estimate of drug-likeness (QED) is 0.903. The van der Waals surface area contributed by atoms with Gasteiger partial charge in [0.1, 0.15) is 5.51 Å². The molecule has 7 heteroatoms. The van der Waals surface area contributed by atoms with Crippen molar-refractivity contribution in [3.05, 3.63) is 39.8 Å². The van der Waals surface area contributed by atoms with E-state index in [0.29, 0.717) is 5.13 Å². The Kier molecular flexibility index (Phi) is 3.24. The average Bonchev–Trinajstić information content (AvgIpc) is 2.97. The van der Waals surface area contributed by atoms with Crippen LogP contribution in [0.15, 0.2) is 34.2 Å². The number of nitrogens with zero attached hydrogens (tertiary/aromatic N) is 2. The second kappa shape index (κ2) is 4.90. The molecular weight excluding hydrogens is 328 g/mol. The Bertz CT molecular complexity index is 598. The van der Waals surface area contributed by atoms with Crippen LogP contribution in [-0.4, -0.2) is 16.2 Å². The van der Waals surface area contributed by atoms with Gasteiger partial charge in [0.25, 0.3) is 0 Å². The summed E-state index contributed by atoms with van der Waals surface area (Å²) in [5.41, 5.74) is 2.46. The highest BCUT2D eigenvalue weighted by Crippen LogP contribution is 2.46. The molecule has 0 aliphatic heterocycles. The zero-order valence-electron chi connectivity index (χ0n) is 9.89. The summed E-state index contributed by atoms with van der Waals surface area (Å²) in [6.07, 6.45) is 1.90. The van der Waals surface area contributed by atoms with Gasteiger partial charge in [-0.1, -0.05) is 39.4 Å². The Labute approximate surface area is 122 Å². The topological polar surface area (TPSA) is 66.9 Å². The molecule has 2 amide bonds. The Morgan fingerprint density at radius 3 is 2.89 bits per heavy atom. The highest BCUT2D eigenvalue weighted by atomic mass is 79.9. The fraction of sp³-hybridized carbons (Fsp3) is 0.250. The van der Waals surface area contributed by atoms with E-state index in [1.807, 2.05) is 24.3 Å². The van der Waals surface area contributed by atoms with Gasteiger partial charge in [0.2, 0.25) is 5.13 Å². The molecule has 0 spiro atoms. The molecule has 3 rings (SSSR count). The van der Waals surface area contributed by atoms with Crippen molar-refractivity contribution in [2.45, 2.75) is 18.4 Å². The van der Waals surface area contributed by atoms with E-state index in [-0.39, 0.29) is 11.6 Å². The van der Waals surface area contributed by atoms with Crippen molar-refractivity contribution in [3.8, 4) is 0 Å². The molecule has 19 heavy (non-hydrogen) atoms. The van der Waals surface area contributed by atoms with Gasteiger partial charge in [-0.05, 0) is 30.5 Å². The molecule has 1 aliphatic carbocycles. The second-order valence-electron chi connectivity index (χ2n) is 4.42.